The maximum Gasteiger partial charge on any atom is 0.141 e. The van der Waals surface area contributed by atoms with Crippen LogP contribution in [0.25, 0.3) is 32.9 Å². The Labute approximate surface area is 210 Å². The molecule has 0 saturated carbocycles. The van der Waals surface area contributed by atoms with E-state index >= 15 is 0 Å². The second-order valence-electron chi connectivity index (χ2n) is 9.56. The van der Waals surface area contributed by atoms with Crippen LogP contribution in [0.1, 0.15) is 22.8 Å². The first-order chi connectivity index (χ1) is 17.7. The van der Waals surface area contributed by atoms with E-state index in [0.717, 1.165) is 86.2 Å². The van der Waals surface area contributed by atoms with Crippen LogP contribution < -0.4 is 0 Å². The average Bonchev–Trinajstić information content (AvgIpc) is 3.44. The van der Waals surface area contributed by atoms with E-state index in [-0.39, 0.29) is 0 Å². The minimum atomic E-state index is 0.812. The number of hydrogen-bond acceptors (Lipinski definition) is 6. The molecular weight excluding hydrogens is 450 g/mol. The number of ether oxygens (including phenoxy) is 1. The van der Waals surface area contributed by atoms with E-state index in [1.807, 2.05) is 26.2 Å². The summed E-state index contributed by atoms with van der Waals surface area (Å²) in [5.41, 5.74) is 6.51. The molecule has 4 heterocycles. The third-order valence-corrected chi connectivity index (χ3v) is 7.26. The van der Waals surface area contributed by atoms with Crippen LogP contribution >= 0.6 is 0 Å². The molecule has 7 heteroatoms. The molecule has 0 unspecified atom stereocenters. The fraction of sp³-hybridized carbons (Fsp3) is 0.345. The van der Waals surface area contributed by atoms with Gasteiger partial charge in [-0.3, -0.25) is 9.88 Å². The van der Waals surface area contributed by atoms with Gasteiger partial charge in [-0.25, -0.2) is 4.98 Å². The molecule has 184 valence electrons. The standard InChI is InChI=1S/C29H31N5O2/c1-20-29(21(2)36-32-20)22-7-9-27-26(17-22)31-28(34(27)12-11-33-13-15-35-16-14-33)10-8-24-19-30-18-23-5-3-4-6-25(23)24/h3-7,9,17-19H,8,10-16H2,1-2H3. The topological polar surface area (TPSA) is 69.2 Å². The van der Waals surface area contributed by atoms with Crippen molar-refractivity contribution in [1.82, 2.24) is 24.6 Å². The van der Waals surface area contributed by atoms with Gasteiger partial charge < -0.3 is 13.8 Å². The molecule has 5 aromatic rings. The summed E-state index contributed by atoms with van der Waals surface area (Å²) in [6.45, 7) is 9.44. The van der Waals surface area contributed by atoms with Crippen molar-refractivity contribution in [3.8, 4) is 11.1 Å². The average molecular weight is 482 g/mol. The molecule has 6 rings (SSSR count). The van der Waals surface area contributed by atoms with Crippen LogP contribution in [0.15, 0.2) is 59.4 Å². The van der Waals surface area contributed by atoms with E-state index in [4.69, 9.17) is 14.2 Å². The molecular formula is C29H31N5O2. The maximum absolute atomic E-state index is 5.54. The van der Waals surface area contributed by atoms with Crippen molar-refractivity contribution in [2.24, 2.45) is 0 Å². The van der Waals surface area contributed by atoms with Gasteiger partial charge in [0.05, 0.1) is 29.9 Å². The van der Waals surface area contributed by atoms with Gasteiger partial charge in [0.2, 0.25) is 0 Å². The second kappa shape index (κ2) is 9.84. The fourth-order valence-electron chi connectivity index (χ4n) is 5.36. The van der Waals surface area contributed by atoms with Crippen LogP contribution in [0.5, 0.6) is 0 Å². The number of aromatic nitrogens is 4. The Kier molecular flexibility index (Phi) is 6.25. The van der Waals surface area contributed by atoms with Crippen molar-refractivity contribution >= 4 is 21.8 Å². The minimum absolute atomic E-state index is 0.812. The summed E-state index contributed by atoms with van der Waals surface area (Å²) in [6, 6.07) is 15.0. The predicted octanol–water partition coefficient (Wildman–Crippen LogP) is 4.97. The van der Waals surface area contributed by atoms with Crippen molar-refractivity contribution in [1.29, 1.82) is 0 Å². The Morgan fingerprint density at radius 2 is 1.81 bits per heavy atom. The van der Waals surface area contributed by atoms with E-state index in [1.165, 1.54) is 21.9 Å². The lowest BCUT2D eigenvalue weighted by Crippen LogP contribution is -2.38. The molecule has 0 radical (unpaired) electrons. The number of benzene rings is 2. The highest BCUT2D eigenvalue weighted by molar-refractivity contribution is 5.85. The zero-order chi connectivity index (χ0) is 24.5. The van der Waals surface area contributed by atoms with E-state index in [2.05, 4.69) is 62.1 Å². The Bertz CT molecular complexity index is 1490. The van der Waals surface area contributed by atoms with Gasteiger partial charge in [0.1, 0.15) is 11.6 Å². The van der Waals surface area contributed by atoms with Crippen molar-refractivity contribution in [3.63, 3.8) is 0 Å². The van der Waals surface area contributed by atoms with Gasteiger partial charge in [-0.05, 0) is 48.9 Å². The smallest absolute Gasteiger partial charge is 0.141 e. The Morgan fingerprint density at radius 1 is 0.944 bits per heavy atom. The molecule has 7 nitrogen and oxygen atoms in total. The molecule has 0 aliphatic carbocycles. The lowest BCUT2D eigenvalue weighted by atomic mass is 10.0. The molecule has 0 atom stereocenters. The lowest BCUT2D eigenvalue weighted by Gasteiger charge is -2.27. The van der Waals surface area contributed by atoms with Crippen LogP contribution in [-0.2, 0) is 24.1 Å². The third-order valence-electron chi connectivity index (χ3n) is 7.26. The highest BCUT2D eigenvalue weighted by atomic mass is 16.5. The highest BCUT2D eigenvalue weighted by Gasteiger charge is 2.17. The summed E-state index contributed by atoms with van der Waals surface area (Å²) >= 11 is 0. The normalized spacial score (nSPS) is 14.7. The number of nitrogens with zero attached hydrogens (tertiary/aromatic N) is 5. The summed E-state index contributed by atoms with van der Waals surface area (Å²) in [6.07, 6.45) is 5.69. The van der Waals surface area contributed by atoms with Crippen LogP contribution in [0.3, 0.4) is 0 Å². The number of pyridine rings is 1. The molecule has 2 aromatic carbocycles. The SMILES string of the molecule is Cc1noc(C)c1-c1ccc2c(c1)nc(CCc1cncc3ccccc13)n2CCN1CCOCC1. The van der Waals surface area contributed by atoms with Crippen molar-refractivity contribution in [2.45, 2.75) is 33.2 Å². The Morgan fingerprint density at radius 3 is 2.64 bits per heavy atom. The maximum atomic E-state index is 5.54. The van der Waals surface area contributed by atoms with Crippen LogP contribution in [0.2, 0.25) is 0 Å². The van der Waals surface area contributed by atoms with Crippen molar-refractivity contribution in [2.75, 3.05) is 32.8 Å². The summed E-state index contributed by atoms with van der Waals surface area (Å²) in [5.74, 6) is 1.95. The first kappa shape index (κ1) is 22.9. The molecule has 3 aromatic heterocycles. The number of imidazole rings is 1. The third kappa shape index (κ3) is 4.40. The van der Waals surface area contributed by atoms with Gasteiger partial charge in [0.15, 0.2) is 0 Å². The number of morpholine rings is 1. The van der Waals surface area contributed by atoms with Gasteiger partial charge in [0.25, 0.3) is 0 Å². The molecule has 0 spiro atoms. The summed E-state index contributed by atoms with van der Waals surface area (Å²) < 4.78 is 13.4. The summed E-state index contributed by atoms with van der Waals surface area (Å²) in [4.78, 5) is 12.1. The van der Waals surface area contributed by atoms with Gasteiger partial charge in [-0.15, -0.1) is 0 Å². The summed E-state index contributed by atoms with van der Waals surface area (Å²) in [7, 11) is 0. The van der Waals surface area contributed by atoms with E-state index in [1.54, 1.807) is 0 Å². The number of rotatable bonds is 7. The zero-order valence-electron chi connectivity index (χ0n) is 20.9. The fourth-order valence-corrected chi connectivity index (χ4v) is 5.36. The molecule has 1 saturated heterocycles. The zero-order valence-corrected chi connectivity index (χ0v) is 20.9. The summed E-state index contributed by atoms with van der Waals surface area (Å²) in [5, 5.41) is 6.59. The monoisotopic (exact) mass is 481 g/mol. The minimum Gasteiger partial charge on any atom is -0.379 e. The van der Waals surface area contributed by atoms with Crippen LogP contribution in [0, 0.1) is 13.8 Å². The second-order valence-corrected chi connectivity index (χ2v) is 9.56. The number of aryl methyl sites for hydroxylation is 4. The van der Waals surface area contributed by atoms with Gasteiger partial charge in [-0.2, -0.15) is 0 Å². The first-order valence-corrected chi connectivity index (χ1v) is 12.7. The van der Waals surface area contributed by atoms with Crippen LogP contribution in [0.4, 0.5) is 0 Å². The van der Waals surface area contributed by atoms with Gasteiger partial charge in [-0.1, -0.05) is 35.5 Å². The largest absolute Gasteiger partial charge is 0.379 e. The Hall–Kier alpha value is -3.55. The van der Waals surface area contributed by atoms with Crippen LogP contribution in [-0.4, -0.2) is 57.4 Å². The van der Waals surface area contributed by atoms with E-state index < -0.39 is 0 Å². The molecule has 0 N–H and O–H groups in total. The molecule has 36 heavy (non-hydrogen) atoms. The van der Waals surface area contributed by atoms with Crippen molar-refractivity contribution in [3.05, 3.63) is 77.7 Å². The van der Waals surface area contributed by atoms with Crippen molar-refractivity contribution < 1.29 is 9.26 Å². The lowest BCUT2D eigenvalue weighted by molar-refractivity contribution is 0.0364. The quantitative estimate of drug-likeness (QED) is 0.327. The number of fused-ring (bicyclic) bond motifs is 2. The molecule has 1 fully saturated rings. The van der Waals surface area contributed by atoms with E-state index in [9.17, 15) is 0 Å². The number of hydrogen-bond donors (Lipinski definition) is 0. The van der Waals surface area contributed by atoms with Gasteiger partial charge >= 0.3 is 0 Å². The van der Waals surface area contributed by atoms with E-state index in [0.29, 0.717) is 0 Å². The Balaban J connectivity index is 1.34. The van der Waals surface area contributed by atoms with Gasteiger partial charge in [0, 0.05) is 55.9 Å². The molecule has 1 aliphatic rings. The highest BCUT2D eigenvalue weighted by Crippen LogP contribution is 2.30. The molecule has 1 aliphatic heterocycles. The first-order valence-electron chi connectivity index (χ1n) is 12.7. The molecule has 0 amide bonds. The predicted molar refractivity (Wildman–Crippen MR) is 141 cm³/mol. The molecule has 0 bridgehead atoms.